The molecule has 102 valence electrons. The van der Waals surface area contributed by atoms with Crippen molar-refractivity contribution in [3.05, 3.63) is 33.4 Å². The third kappa shape index (κ3) is 3.18. The molecule has 0 heterocycles. The van der Waals surface area contributed by atoms with Gasteiger partial charge in [-0.3, -0.25) is 19.7 Å². The lowest BCUT2D eigenvalue weighted by Crippen LogP contribution is -2.32. The highest BCUT2D eigenvalue weighted by Gasteiger charge is 2.23. The van der Waals surface area contributed by atoms with Crippen molar-refractivity contribution in [1.29, 1.82) is 0 Å². The van der Waals surface area contributed by atoms with Gasteiger partial charge in [0.1, 0.15) is 12.2 Å². The maximum atomic E-state index is 12.0. The number of likely N-dealkylation sites (N-methyl/N-ethyl adjacent to an activating group) is 1. The molecule has 0 aliphatic carbocycles. The van der Waals surface area contributed by atoms with Crippen LogP contribution in [0.2, 0.25) is 0 Å². The third-order valence-electron chi connectivity index (χ3n) is 2.45. The summed E-state index contributed by atoms with van der Waals surface area (Å²) in [6, 6.07) is 2.65. The van der Waals surface area contributed by atoms with Crippen LogP contribution in [0.1, 0.15) is 15.9 Å². The highest BCUT2D eigenvalue weighted by molar-refractivity contribution is 6.02. The molecule has 0 fully saturated rings. The number of nitro groups is 1. The normalized spacial score (nSPS) is 10.0. The molecule has 0 aromatic heterocycles. The van der Waals surface area contributed by atoms with Gasteiger partial charge < -0.3 is 15.7 Å². The van der Waals surface area contributed by atoms with Crippen molar-refractivity contribution in [3.63, 3.8) is 0 Å². The predicted molar refractivity (Wildman–Crippen MR) is 66.8 cm³/mol. The van der Waals surface area contributed by atoms with Crippen molar-refractivity contribution >= 4 is 23.3 Å². The van der Waals surface area contributed by atoms with Crippen molar-refractivity contribution in [2.75, 3.05) is 19.3 Å². The van der Waals surface area contributed by atoms with E-state index in [2.05, 4.69) is 0 Å². The molecule has 1 aromatic carbocycles. The van der Waals surface area contributed by atoms with E-state index >= 15 is 0 Å². The first-order valence-corrected chi connectivity index (χ1v) is 5.25. The number of hydrogen-bond acceptors (Lipinski definition) is 5. The minimum atomic E-state index is -1.18. The van der Waals surface area contributed by atoms with Crippen LogP contribution in [0.3, 0.4) is 0 Å². The fraction of sp³-hybridized carbons (Fsp3) is 0.273. The third-order valence-corrected chi connectivity index (χ3v) is 2.45. The molecule has 0 spiro atoms. The molecule has 0 saturated carbocycles. The van der Waals surface area contributed by atoms with Crippen molar-refractivity contribution in [3.8, 4) is 0 Å². The van der Waals surface area contributed by atoms with E-state index in [4.69, 9.17) is 10.8 Å². The molecule has 0 unspecified atom stereocenters. The SMILES string of the molecule is Cc1cc(C(=O)N(C)CC(=O)O)c(N)c([N+](=O)[O-])c1. The number of hydrogen-bond donors (Lipinski definition) is 2. The second-order valence-corrected chi connectivity index (χ2v) is 4.06. The van der Waals surface area contributed by atoms with Crippen molar-refractivity contribution in [1.82, 2.24) is 4.90 Å². The molecule has 1 rings (SSSR count). The highest BCUT2D eigenvalue weighted by atomic mass is 16.6. The number of rotatable bonds is 4. The second-order valence-electron chi connectivity index (χ2n) is 4.06. The van der Waals surface area contributed by atoms with Gasteiger partial charge in [-0.05, 0) is 18.6 Å². The number of nitro benzene ring substituents is 1. The number of aliphatic carboxylic acids is 1. The first-order valence-electron chi connectivity index (χ1n) is 5.25. The van der Waals surface area contributed by atoms with Crippen LogP contribution in [0.25, 0.3) is 0 Å². The molecule has 0 aliphatic rings. The average molecular weight is 267 g/mol. The van der Waals surface area contributed by atoms with E-state index in [9.17, 15) is 19.7 Å². The van der Waals surface area contributed by atoms with Gasteiger partial charge in [0.2, 0.25) is 0 Å². The Balaban J connectivity index is 3.23. The van der Waals surface area contributed by atoms with Crippen LogP contribution < -0.4 is 5.73 Å². The molecule has 1 aromatic rings. The Kier molecular flexibility index (Phi) is 4.05. The predicted octanol–water partition coefficient (Wildman–Crippen LogP) is 0.642. The van der Waals surface area contributed by atoms with E-state index in [-0.39, 0.29) is 16.9 Å². The van der Waals surface area contributed by atoms with Crippen LogP contribution in [0, 0.1) is 17.0 Å². The standard InChI is InChI=1S/C11H13N3O5/c1-6-3-7(10(12)8(4-6)14(18)19)11(17)13(2)5-9(15)16/h3-4H,5,12H2,1-2H3,(H,15,16). The monoisotopic (exact) mass is 267 g/mol. The van der Waals surface area contributed by atoms with Crippen LogP contribution in [0.5, 0.6) is 0 Å². The lowest BCUT2D eigenvalue weighted by atomic mass is 10.1. The number of amides is 1. The molecule has 0 bridgehead atoms. The summed E-state index contributed by atoms with van der Waals surface area (Å²) < 4.78 is 0. The Morgan fingerprint density at radius 1 is 1.47 bits per heavy atom. The van der Waals surface area contributed by atoms with Gasteiger partial charge in [-0.25, -0.2) is 0 Å². The number of aryl methyl sites for hydroxylation is 1. The summed E-state index contributed by atoms with van der Waals surface area (Å²) in [6.07, 6.45) is 0. The number of carbonyl (C=O) groups excluding carboxylic acids is 1. The molecule has 0 aliphatic heterocycles. The van der Waals surface area contributed by atoms with Gasteiger partial charge >= 0.3 is 5.97 Å². The van der Waals surface area contributed by atoms with Crippen molar-refractivity contribution < 1.29 is 19.6 Å². The molecule has 0 radical (unpaired) electrons. The largest absolute Gasteiger partial charge is 0.480 e. The maximum absolute atomic E-state index is 12.0. The number of carbonyl (C=O) groups is 2. The second kappa shape index (κ2) is 5.34. The lowest BCUT2D eigenvalue weighted by Gasteiger charge is -2.16. The van der Waals surface area contributed by atoms with E-state index in [0.29, 0.717) is 5.56 Å². The van der Waals surface area contributed by atoms with Gasteiger partial charge in [-0.15, -0.1) is 0 Å². The molecular formula is C11H13N3O5. The van der Waals surface area contributed by atoms with Gasteiger partial charge in [0.05, 0.1) is 10.5 Å². The van der Waals surface area contributed by atoms with Gasteiger partial charge in [0.25, 0.3) is 11.6 Å². The van der Waals surface area contributed by atoms with Crippen LogP contribution in [-0.2, 0) is 4.79 Å². The molecule has 8 heteroatoms. The first-order chi connectivity index (χ1) is 8.73. The van der Waals surface area contributed by atoms with Crippen LogP contribution >= 0.6 is 0 Å². The number of nitrogens with two attached hydrogens (primary N) is 1. The minimum Gasteiger partial charge on any atom is -0.480 e. The van der Waals surface area contributed by atoms with E-state index in [1.807, 2.05) is 0 Å². The van der Waals surface area contributed by atoms with Gasteiger partial charge in [-0.1, -0.05) is 0 Å². The molecular weight excluding hydrogens is 254 g/mol. The fourth-order valence-corrected chi connectivity index (χ4v) is 1.59. The number of carboxylic acid groups (broad SMARTS) is 1. The summed E-state index contributed by atoms with van der Waals surface area (Å²) in [5.74, 6) is -1.86. The van der Waals surface area contributed by atoms with Gasteiger partial charge in [0.15, 0.2) is 0 Å². The van der Waals surface area contributed by atoms with E-state index < -0.39 is 23.3 Å². The summed E-state index contributed by atoms with van der Waals surface area (Å²) in [6.45, 7) is 1.07. The lowest BCUT2D eigenvalue weighted by molar-refractivity contribution is -0.384. The van der Waals surface area contributed by atoms with E-state index in [0.717, 1.165) is 4.90 Å². The summed E-state index contributed by atoms with van der Waals surface area (Å²) in [7, 11) is 1.28. The zero-order valence-corrected chi connectivity index (χ0v) is 10.4. The Morgan fingerprint density at radius 3 is 2.53 bits per heavy atom. The zero-order valence-electron chi connectivity index (χ0n) is 10.4. The Labute approximate surface area is 108 Å². The van der Waals surface area contributed by atoms with Crippen LogP contribution in [0.4, 0.5) is 11.4 Å². The summed E-state index contributed by atoms with van der Waals surface area (Å²) >= 11 is 0. The number of carboxylic acids is 1. The van der Waals surface area contributed by atoms with Crippen LogP contribution in [0.15, 0.2) is 12.1 Å². The van der Waals surface area contributed by atoms with Crippen molar-refractivity contribution in [2.24, 2.45) is 0 Å². The fourth-order valence-electron chi connectivity index (χ4n) is 1.59. The Hall–Kier alpha value is -2.64. The molecule has 0 saturated heterocycles. The Bertz CT molecular complexity index is 556. The summed E-state index contributed by atoms with van der Waals surface area (Å²) in [4.78, 5) is 33.6. The number of nitrogens with zero attached hydrogens (tertiary/aromatic N) is 2. The van der Waals surface area contributed by atoms with Crippen molar-refractivity contribution in [2.45, 2.75) is 6.92 Å². The first kappa shape index (κ1) is 14.4. The smallest absolute Gasteiger partial charge is 0.323 e. The molecule has 8 nitrogen and oxygen atoms in total. The van der Waals surface area contributed by atoms with Crippen LogP contribution in [-0.4, -0.2) is 40.4 Å². The highest BCUT2D eigenvalue weighted by Crippen LogP contribution is 2.27. The molecule has 1 amide bonds. The zero-order chi connectivity index (χ0) is 14.7. The quantitative estimate of drug-likeness (QED) is 0.468. The average Bonchev–Trinajstić information content (AvgIpc) is 2.29. The number of anilines is 1. The van der Waals surface area contributed by atoms with E-state index in [1.54, 1.807) is 6.92 Å². The number of benzene rings is 1. The van der Waals surface area contributed by atoms with E-state index in [1.165, 1.54) is 19.2 Å². The van der Waals surface area contributed by atoms with Gasteiger partial charge in [-0.2, -0.15) is 0 Å². The number of nitrogen functional groups attached to an aromatic ring is 1. The molecule has 19 heavy (non-hydrogen) atoms. The minimum absolute atomic E-state index is 0.0737. The van der Waals surface area contributed by atoms with Gasteiger partial charge in [0, 0.05) is 13.1 Å². The molecule has 0 atom stereocenters. The Morgan fingerprint density at radius 2 is 2.05 bits per heavy atom. The molecule has 3 N–H and O–H groups in total. The topological polar surface area (TPSA) is 127 Å². The summed E-state index contributed by atoms with van der Waals surface area (Å²) in [5.41, 5.74) is 5.37. The summed E-state index contributed by atoms with van der Waals surface area (Å²) in [5, 5.41) is 19.4. The maximum Gasteiger partial charge on any atom is 0.323 e.